The summed E-state index contributed by atoms with van der Waals surface area (Å²) in [5, 5.41) is 1.18. The molecule has 0 unspecified atom stereocenters. The second-order valence-electron chi connectivity index (χ2n) is 5.54. The lowest BCUT2D eigenvalue weighted by Gasteiger charge is -2.32. The average molecular weight is 304 g/mol. The van der Waals surface area contributed by atoms with E-state index in [2.05, 4.69) is 16.9 Å². The molecule has 1 amide bonds. The van der Waals surface area contributed by atoms with Crippen LogP contribution in [0.25, 0.3) is 0 Å². The lowest BCUT2D eigenvalue weighted by atomic mass is 9.98. The van der Waals surface area contributed by atoms with Crippen LogP contribution in [0, 0.1) is 6.92 Å². The van der Waals surface area contributed by atoms with E-state index in [-0.39, 0.29) is 5.91 Å². The second-order valence-corrected chi connectivity index (χ2v) is 6.80. The Bertz CT molecular complexity index is 593. The van der Waals surface area contributed by atoms with Crippen molar-refractivity contribution in [2.24, 2.45) is 0 Å². The lowest BCUT2D eigenvalue weighted by molar-refractivity contribution is -0.132. The Morgan fingerprint density at radius 1 is 1.52 bits per heavy atom. The second kappa shape index (κ2) is 6.39. The van der Waals surface area contributed by atoms with Crippen molar-refractivity contribution in [1.29, 1.82) is 0 Å². The van der Waals surface area contributed by atoms with Gasteiger partial charge in [-0.05, 0) is 19.8 Å². The minimum Gasteiger partial charge on any atom is -0.342 e. The molecule has 1 saturated heterocycles. The van der Waals surface area contributed by atoms with Crippen molar-refractivity contribution in [3.05, 3.63) is 34.8 Å². The molecule has 1 aliphatic rings. The molecule has 112 valence electrons. The van der Waals surface area contributed by atoms with Gasteiger partial charge in [-0.1, -0.05) is 0 Å². The van der Waals surface area contributed by atoms with Crippen molar-refractivity contribution in [3.63, 3.8) is 0 Å². The first kappa shape index (κ1) is 14.3. The maximum atomic E-state index is 12.4. The molecule has 0 N–H and O–H groups in total. The Morgan fingerprint density at radius 2 is 2.43 bits per heavy atom. The molecule has 0 saturated carbocycles. The zero-order chi connectivity index (χ0) is 14.7. The summed E-state index contributed by atoms with van der Waals surface area (Å²) in [6.45, 7) is 4.48. The quantitative estimate of drug-likeness (QED) is 0.872. The van der Waals surface area contributed by atoms with E-state index >= 15 is 0 Å². The van der Waals surface area contributed by atoms with E-state index in [1.54, 1.807) is 23.9 Å². The molecule has 0 aromatic carbocycles. The van der Waals surface area contributed by atoms with E-state index in [1.807, 2.05) is 21.9 Å². The number of hydrogen-bond acceptors (Lipinski definition) is 4. The number of aromatic nitrogens is 3. The highest BCUT2D eigenvalue weighted by molar-refractivity contribution is 7.11. The normalized spacial score (nSPS) is 18.9. The Balaban J connectivity index is 1.56. The highest BCUT2D eigenvalue weighted by atomic mass is 32.1. The molecule has 1 fully saturated rings. The van der Waals surface area contributed by atoms with Crippen LogP contribution in [0.15, 0.2) is 24.9 Å². The van der Waals surface area contributed by atoms with E-state index in [4.69, 9.17) is 0 Å². The standard InChI is InChI=1S/C15H20N4OS/c1-12-9-17-15(21-12)13-3-2-6-19(10-13)14(20)4-7-18-8-5-16-11-18/h5,8-9,11,13H,2-4,6-7,10H2,1H3/t13-/m0/s1. The number of nitrogens with zero attached hydrogens (tertiary/aromatic N) is 4. The first-order valence-electron chi connectivity index (χ1n) is 7.38. The van der Waals surface area contributed by atoms with Crippen LogP contribution in [0.2, 0.25) is 0 Å². The molecule has 2 aromatic rings. The molecule has 1 aliphatic heterocycles. The molecule has 5 nitrogen and oxygen atoms in total. The largest absolute Gasteiger partial charge is 0.342 e. The van der Waals surface area contributed by atoms with Gasteiger partial charge in [0.15, 0.2) is 0 Å². The van der Waals surface area contributed by atoms with Gasteiger partial charge in [-0.3, -0.25) is 4.79 Å². The van der Waals surface area contributed by atoms with Crippen LogP contribution in [0.1, 0.15) is 35.1 Å². The predicted molar refractivity (Wildman–Crippen MR) is 82.3 cm³/mol. The Morgan fingerprint density at radius 3 is 3.14 bits per heavy atom. The smallest absolute Gasteiger partial charge is 0.224 e. The summed E-state index contributed by atoms with van der Waals surface area (Å²) in [6, 6.07) is 0. The third kappa shape index (κ3) is 3.50. The fourth-order valence-corrected chi connectivity index (χ4v) is 3.67. The number of thiazole rings is 1. The van der Waals surface area contributed by atoms with Crippen LogP contribution >= 0.6 is 11.3 Å². The van der Waals surface area contributed by atoms with Crippen molar-refractivity contribution >= 4 is 17.2 Å². The van der Waals surface area contributed by atoms with Crippen molar-refractivity contribution < 1.29 is 4.79 Å². The summed E-state index contributed by atoms with van der Waals surface area (Å²) in [6.07, 6.45) is 10.1. The third-order valence-corrected chi connectivity index (χ3v) is 4.98. The van der Waals surface area contributed by atoms with Gasteiger partial charge in [0.05, 0.1) is 11.3 Å². The number of piperidine rings is 1. The highest BCUT2D eigenvalue weighted by Crippen LogP contribution is 2.29. The molecule has 0 aliphatic carbocycles. The molecule has 21 heavy (non-hydrogen) atoms. The number of imidazole rings is 1. The van der Waals surface area contributed by atoms with Crippen LogP contribution in [-0.4, -0.2) is 38.4 Å². The summed E-state index contributed by atoms with van der Waals surface area (Å²) in [4.78, 5) is 24.1. The number of rotatable bonds is 4. The van der Waals surface area contributed by atoms with E-state index in [9.17, 15) is 4.79 Å². The van der Waals surface area contributed by atoms with Gasteiger partial charge < -0.3 is 9.47 Å². The van der Waals surface area contributed by atoms with Gasteiger partial charge in [0.1, 0.15) is 0 Å². The van der Waals surface area contributed by atoms with Crippen molar-refractivity contribution in [2.75, 3.05) is 13.1 Å². The van der Waals surface area contributed by atoms with Crippen LogP contribution < -0.4 is 0 Å². The maximum absolute atomic E-state index is 12.4. The van der Waals surface area contributed by atoms with Gasteiger partial charge in [0.2, 0.25) is 5.91 Å². The molecule has 3 heterocycles. The summed E-state index contributed by atoms with van der Waals surface area (Å²) >= 11 is 1.76. The van der Waals surface area contributed by atoms with Crippen molar-refractivity contribution in [3.8, 4) is 0 Å². The first-order valence-corrected chi connectivity index (χ1v) is 8.20. The van der Waals surface area contributed by atoms with Crippen LogP contribution in [-0.2, 0) is 11.3 Å². The van der Waals surface area contributed by atoms with Crippen molar-refractivity contribution in [2.45, 2.75) is 38.6 Å². The average Bonchev–Trinajstić information content (AvgIpc) is 3.16. The predicted octanol–water partition coefficient (Wildman–Crippen LogP) is 2.44. The van der Waals surface area contributed by atoms with Gasteiger partial charge in [-0.15, -0.1) is 11.3 Å². The van der Waals surface area contributed by atoms with Crippen LogP contribution in [0.4, 0.5) is 0 Å². The Kier molecular flexibility index (Phi) is 4.34. The number of hydrogen-bond donors (Lipinski definition) is 0. The monoisotopic (exact) mass is 304 g/mol. The lowest BCUT2D eigenvalue weighted by Crippen LogP contribution is -2.39. The Labute approximate surface area is 128 Å². The zero-order valence-corrected chi connectivity index (χ0v) is 13.1. The maximum Gasteiger partial charge on any atom is 0.224 e. The molecule has 0 radical (unpaired) electrons. The topological polar surface area (TPSA) is 51.0 Å². The van der Waals surface area contributed by atoms with Gasteiger partial charge in [0, 0.05) is 55.4 Å². The molecule has 1 atom stereocenters. The third-order valence-electron chi connectivity index (χ3n) is 3.91. The first-order chi connectivity index (χ1) is 10.2. The number of likely N-dealkylation sites (tertiary alicyclic amines) is 1. The van der Waals surface area contributed by atoms with Crippen LogP contribution in [0.5, 0.6) is 0 Å². The van der Waals surface area contributed by atoms with Gasteiger partial charge >= 0.3 is 0 Å². The molecular weight excluding hydrogens is 284 g/mol. The number of amides is 1. The van der Waals surface area contributed by atoms with E-state index in [1.165, 1.54) is 9.88 Å². The Hall–Kier alpha value is -1.69. The molecule has 3 rings (SSSR count). The van der Waals surface area contributed by atoms with Crippen molar-refractivity contribution in [1.82, 2.24) is 19.4 Å². The molecule has 2 aromatic heterocycles. The molecule has 0 bridgehead atoms. The van der Waals surface area contributed by atoms with E-state index < -0.39 is 0 Å². The number of carbonyl (C=O) groups excluding carboxylic acids is 1. The SMILES string of the molecule is Cc1cnc([C@H]2CCCN(C(=O)CCn3ccnc3)C2)s1. The zero-order valence-electron chi connectivity index (χ0n) is 12.2. The minimum atomic E-state index is 0.238. The van der Waals surface area contributed by atoms with E-state index in [0.29, 0.717) is 18.9 Å². The number of aryl methyl sites for hydroxylation is 2. The summed E-state index contributed by atoms with van der Waals surface area (Å²) in [7, 11) is 0. The van der Waals surface area contributed by atoms with Gasteiger partial charge in [-0.25, -0.2) is 9.97 Å². The highest BCUT2D eigenvalue weighted by Gasteiger charge is 2.26. The minimum absolute atomic E-state index is 0.238. The van der Waals surface area contributed by atoms with Crippen LogP contribution in [0.3, 0.4) is 0 Å². The van der Waals surface area contributed by atoms with Gasteiger partial charge in [0.25, 0.3) is 0 Å². The number of carbonyl (C=O) groups is 1. The van der Waals surface area contributed by atoms with E-state index in [0.717, 1.165) is 25.9 Å². The fourth-order valence-electron chi connectivity index (χ4n) is 2.77. The molecule has 0 spiro atoms. The summed E-state index contributed by atoms with van der Waals surface area (Å²) in [5.74, 6) is 0.649. The summed E-state index contributed by atoms with van der Waals surface area (Å²) in [5.41, 5.74) is 0. The molecule has 6 heteroatoms. The summed E-state index contributed by atoms with van der Waals surface area (Å²) < 4.78 is 1.95. The fraction of sp³-hybridized carbons (Fsp3) is 0.533. The van der Waals surface area contributed by atoms with Gasteiger partial charge in [-0.2, -0.15) is 0 Å². The molecular formula is C15H20N4OS.